The Hall–Kier alpha value is -0.240. The minimum absolute atomic E-state index is 0.00544. The van der Waals surface area contributed by atoms with E-state index in [4.69, 9.17) is 18.9 Å². The largest absolute Gasteiger partial charge is 0.390 e. The molecule has 0 aromatic carbocycles. The van der Waals surface area contributed by atoms with Crippen LogP contribution in [0.3, 0.4) is 0 Å². The van der Waals surface area contributed by atoms with Gasteiger partial charge < -0.3 is 29.0 Å². The van der Waals surface area contributed by atoms with E-state index in [1.54, 1.807) is 19.1 Å². The number of hydrogen-bond donors (Lipinski definition) is 2. The Kier molecular flexibility index (Phi) is 6.12. The zero-order valence-electron chi connectivity index (χ0n) is 17.3. The fraction of sp³-hybridized carbons (Fsp3) is 1.00. The number of nitrogens with one attached hydrogen (secondary N) is 1. The summed E-state index contributed by atoms with van der Waals surface area (Å²) in [6, 6.07) is 0.684. The molecule has 11 atom stereocenters. The third-order valence-corrected chi connectivity index (χ3v) is 8.42. The van der Waals surface area contributed by atoms with Gasteiger partial charge in [0.15, 0.2) is 0 Å². The zero-order valence-corrected chi connectivity index (χ0v) is 17.3. The quantitative estimate of drug-likeness (QED) is 0.722. The number of ether oxygens (including phenoxy) is 4. The van der Waals surface area contributed by atoms with Crippen LogP contribution in [-0.2, 0) is 18.9 Å². The van der Waals surface area contributed by atoms with Crippen molar-refractivity contribution >= 4 is 0 Å². The van der Waals surface area contributed by atoms with Gasteiger partial charge in [0.25, 0.3) is 0 Å². The molecular formula is C21H38NO5+. The van der Waals surface area contributed by atoms with Gasteiger partial charge in [-0.2, -0.15) is 0 Å². The van der Waals surface area contributed by atoms with Crippen LogP contribution >= 0.6 is 0 Å². The standard InChI is InChI=1S/C21H37NO5/c1-24-18-9-12-5-6-22-11-15-13(7-16(22)14(12)10-19(18)25-2)8-17(23)21(27-4)20(15)26-3/h12-21,23H,5-11H2,1-4H3/p+1. The molecule has 2 aliphatic carbocycles. The maximum Gasteiger partial charge on any atom is 0.110 e. The number of fused-ring (bicyclic) bond motifs is 4. The number of hydrogen-bond acceptors (Lipinski definition) is 5. The lowest BCUT2D eigenvalue weighted by molar-refractivity contribution is -0.948. The molecule has 2 aliphatic heterocycles. The van der Waals surface area contributed by atoms with Crippen LogP contribution in [0.15, 0.2) is 0 Å². The average Bonchev–Trinajstić information content (AvgIpc) is 2.70. The summed E-state index contributed by atoms with van der Waals surface area (Å²) in [4.78, 5) is 1.75. The Bertz CT molecular complexity index is 505. The Labute approximate surface area is 163 Å². The molecule has 4 rings (SSSR count). The lowest BCUT2D eigenvalue weighted by Crippen LogP contribution is -3.20. The first-order valence-electron chi connectivity index (χ1n) is 10.7. The topological polar surface area (TPSA) is 61.6 Å². The molecule has 2 heterocycles. The average molecular weight is 385 g/mol. The van der Waals surface area contributed by atoms with Gasteiger partial charge in [-0.15, -0.1) is 0 Å². The fourth-order valence-electron chi connectivity index (χ4n) is 7.14. The number of quaternary nitrogens is 1. The van der Waals surface area contributed by atoms with Gasteiger partial charge >= 0.3 is 0 Å². The van der Waals surface area contributed by atoms with Crippen LogP contribution in [0.1, 0.15) is 32.1 Å². The van der Waals surface area contributed by atoms with Gasteiger partial charge in [0.2, 0.25) is 0 Å². The SMILES string of the molecule is COC1CC2CC[NH+]3CC4C(CC(O)C(OC)C4OC)CC3C2CC1OC. The molecule has 0 spiro atoms. The number of aliphatic hydroxyl groups excluding tert-OH is 1. The van der Waals surface area contributed by atoms with Crippen LogP contribution in [0.5, 0.6) is 0 Å². The van der Waals surface area contributed by atoms with Gasteiger partial charge in [0.05, 0.1) is 43.5 Å². The van der Waals surface area contributed by atoms with Gasteiger partial charge in [-0.3, -0.25) is 0 Å². The summed E-state index contributed by atoms with van der Waals surface area (Å²) in [5.41, 5.74) is 0. The van der Waals surface area contributed by atoms with Gasteiger partial charge in [-0.1, -0.05) is 0 Å². The van der Waals surface area contributed by atoms with Crippen molar-refractivity contribution in [1.82, 2.24) is 0 Å². The zero-order chi connectivity index (χ0) is 19.1. The second-order valence-corrected chi connectivity index (χ2v) is 9.31. The van der Waals surface area contributed by atoms with E-state index in [9.17, 15) is 5.11 Å². The molecule has 0 aromatic heterocycles. The monoisotopic (exact) mass is 384 g/mol. The minimum atomic E-state index is -0.418. The highest BCUT2D eigenvalue weighted by molar-refractivity contribution is 5.00. The van der Waals surface area contributed by atoms with E-state index in [2.05, 4.69) is 0 Å². The van der Waals surface area contributed by atoms with Crippen LogP contribution < -0.4 is 4.90 Å². The van der Waals surface area contributed by atoms with Crippen molar-refractivity contribution in [3.8, 4) is 0 Å². The number of aliphatic hydroxyl groups is 1. The van der Waals surface area contributed by atoms with Crippen LogP contribution in [0.2, 0.25) is 0 Å². The van der Waals surface area contributed by atoms with Crippen LogP contribution in [0.25, 0.3) is 0 Å². The Morgan fingerprint density at radius 3 is 2.11 bits per heavy atom. The van der Waals surface area contributed by atoms with E-state index in [1.165, 1.54) is 19.4 Å². The highest BCUT2D eigenvalue weighted by atomic mass is 16.5. The summed E-state index contributed by atoms with van der Waals surface area (Å²) in [7, 11) is 7.12. The van der Waals surface area contributed by atoms with Crippen LogP contribution in [0.4, 0.5) is 0 Å². The normalized spacial score (nSPS) is 52.6. The summed E-state index contributed by atoms with van der Waals surface area (Å²) in [5, 5.41) is 10.6. The molecule has 2 N–H and O–H groups in total. The first-order chi connectivity index (χ1) is 13.1. The fourth-order valence-corrected chi connectivity index (χ4v) is 7.14. The molecule has 2 saturated carbocycles. The predicted molar refractivity (Wildman–Crippen MR) is 101 cm³/mol. The Morgan fingerprint density at radius 2 is 1.44 bits per heavy atom. The summed E-state index contributed by atoms with van der Waals surface area (Å²) < 4.78 is 23.0. The van der Waals surface area contributed by atoms with Crippen molar-refractivity contribution in [1.29, 1.82) is 0 Å². The smallest absolute Gasteiger partial charge is 0.110 e. The molecule has 6 nitrogen and oxygen atoms in total. The van der Waals surface area contributed by atoms with E-state index in [0.717, 1.165) is 31.7 Å². The Balaban J connectivity index is 1.51. The van der Waals surface area contributed by atoms with Crippen molar-refractivity contribution in [3.63, 3.8) is 0 Å². The molecule has 6 heteroatoms. The van der Waals surface area contributed by atoms with Crippen molar-refractivity contribution < 1.29 is 29.0 Å². The lowest BCUT2D eigenvalue weighted by Gasteiger charge is -2.55. The highest BCUT2D eigenvalue weighted by Crippen LogP contribution is 2.44. The lowest BCUT2D eigenvalue weighted by atomic mass is 9.62. The highest BCUT2D eigenvalue weighted by Gasteiger charge is 2.55. The molecule has 27 heavy (non-hydrogen) atoms. The molecule has 0 amide bonds. The number of rotatable bonds is 4. The van der Waals surface area contributed by atoms with Crippen molar-refractivity contribution in [2.45, 2.75) is 68.7 Å². The maximum atomic E-state index is 10.6. The van der Waals surface area contributed by atoms with E-state index >= 15 is 0 Å². The second-order valence-electron chi connectivity index (χ2n) is 9.31. The van der Waals surface area contributed by atoms with Crippen LogP contribution in [-0.4, -0.2) is 83.2 Å². The molecule has 2 saturated heterocycles. The summed E-state index contributed by atoms with van der Waals surface area (Å²) in [6.07, 6.45) is 5.43. The minimum Gasteiger partial charge on any atom is -0.390 e. The van der Waals surface area contributed by atoms with E-state index in [0.29, 0.717) is 23.8 Å². The third kappa shape index (κ3) is 3.47. The predicted octanol–water partition coefficient (Wildman–Crippen LogP) is 0.131. The van der Waals surface area contributed by atoms with E-state index in [-0.39, 0.29) is 24.4 Å². The summed E-state index contributed by atoms with van der Waals surface area (Å²) in [5.74, 6) is 2.49. The molecular weight excluding hydrogens is 346 g/mol. The summed E-state index contributed by atoms with van der Waals surface area (Å²) >= 11 is 0. The molecule has 4 aliphatic rings. The van der Waals surface area contributed by atoms with Gasteiger partial charge in [-0.25, -0.2) is 0 Å². The first-order valence-corrected chi connectivity index (χ1v) is 10.7. The third-order valence-electron chi connectivity index (χ3n) is 8.42. The molecule has 11 unspecified atom stereocenters. The van der Waals surface area contributed by atoms with Gasteiger partial charge in [0.1, 0.15) is 6.10 Å². The van der Waals surface area contributed by atoms with E-state index < -0.39 is 6.10 Å². The molecule has 0 radical (unpaired) electrons. The van der Waals surface area contributed by atoms with Crippen molar-refractivity contribution in [2.75, 3.05) is 41.5 Å². The van der Waals surface area contributed by atoms with Crippen molar-refractivity contribution in [2.24, 2.45) is 23.7 Å². The first kappa shape index (κ1) is 20.0. The summed E-state index contributed by atoms with van der Waals surface area (Å²) in [6.45, 7) is 2.40. The molecule has 0 aromatic rings. The van der Waals surface area contributed by atoms with E-state index in [1.807, 2.05) is 14.2 Å². The van der Waals surface area contributed by atoms with Crippen molar-refractivity contribution in [3.05, 3.63) is 0 Å². The van der Waals surface area contributed by atoms with Gasteiger partial charge in [-0.05, 0) is 37.5 Å². The molecule has 4 fully saturated rings. The second kappa shape index (κ2) is 8.25. The molecule has 156 valence electrons. The van der Waals surface area contributed by atoms with Gasteiger partial charge in [0, 0.05) is 46.7 Å². The molecule has 0 bridgehead atoms. The number of methoxy groups -OCH3 is 4. The Morgan fingerprint density at radius 1 is 0.741 bits per heavy atom. The maximum absolute atomic E-state index is 10.6. The van der Waals surface area contributed by atoms with Crippen LogP contribution in [0, 0.1) is 23.7 Å². The number of piperidine rings is 2.